The van der Waals surface area contributed by atoms with Gasteiger partial charge in [0.15, 0.2) is 0 Å². The minimum atomic E-state index is 0.688. The first-order valence-corrected chi connectivity index (χ1v) is 5.13. The molecule has 0 aliphatic carbocycles. The molecule has 1 nitrogen and oxygen atoms in total. The van der Waals surface area contributed by atoms with Gasteiger partial charge in [-0.25, -0.2) is 0 Å². The summed E-state index contributed by atoms with van der Waals surface area (Å²) < 4.78 is 0. The summed E-state index contributed by atoms with van der Waals surface area (Å²) in [5, 5.41) is 3.34. The van der Waals surface area contributed by atoms with Crippen molar-refractivity contribution in [1.82, 2.24) is 5.32 Å². The molecule has 12 heavy (non-hydrogen) atoms. The van der Waals surface area contributed by atoms with Crippen molar-refractivity contribution in [1.29, 1.82) is 0 Å². The van der Waals surface area contributed by atoms with Crippen molar-refractivity contribution in [2.45, 2.75) is 52.0 Å². The van der Waals surface area contributed by atoms with E-state index in [1.54, 1.807) is 0 Å². The second-order valence-corrected chi connectivity index (χ2v) is 3.29. The van der Waals surface area contributed by atoms with Crippen LogP contribution in [0.2, 0.25) is 0 Å². The summed E-state index contributed by atoms with van der Waals surface area (Å²) in [4.78, 5) is 0. The zero-order valence-electron chi connectivity index (χ0n) is 8.77. The Morgan fingerprint density at radius 3 is 2.58 bits per heavy atom. The molecule has 1 heteroatoms. The molecule has 72 valence electrons. The molecule has 0 aromatic carbocycles. The maximum Gasteiger partial charge on any atom is 0.00985 e. The molecule has 0 aromatic rings. The van der Waals surface area contributed by atoms with Gasteiger partial charge in [-0.3, -0.25) is 0 Å². The van der Waals surface area contributed by atoms with Gasteiger partial charge in [-0.2, -0.15) is 0 Å². The lowest BCUT2D eigenvalue weighted by atomic mass is 10.1. The minimum absolute atomic E-state index is 0.688. The molecule has 0 spiro atoms. The van der Waals surface area contributed by atoms with E-state index in [-0.39, 0.29) is 0 Å². The van der Waals surface area contributed by atoms with Crippen molar-refractivity contribution >= 4 is 0 Å². The summed E-state index contributed by atoms with van der Waals surface area (Å²) in [5.41, 5.74) is 0. The zero-order chi connectivity index (χ0) is 9.23. The molecule has 1 unspecified atom stereocenters. The van der Waals surface area contributed by atoms with Crippen LogP contribution in [0.5, 0.6) is 0 Å². The van der Waals surface area contributed by atoms with E-state index in [0.29, 0.717) is 6.04 Å². The maximum atomic E-state index is 3.34. The lowest BCUT2D eigenvalue weighted by Gasteiger charge is -2.13. The van der Waals surface area contributed by atoms with Gasteiger partial charge in [-0.15, -0.1) is 0 Å². The summed E-state index contributed by atoms with van der Waals surface area (Å²) in [7, 11) is 2.06. The highest BCUT2D eigenvalue weighted by Crippen LogP contribution is 2.06. The molecule has 0 amide bonds. The highest BCUT2D eigenvalue weighted by Gasteiger charge is 2.01. The van der Waals surface area contributed by atoms with Crippen molar-refractivity contribution in [3.63, 3.8) is 0 Å². The van der Waals surface area contributed by atoms with E-state index in [0.717, 1.165) is 0 Å². The highest BCUT2D eigenvalue weighted by molar-refractivity contribution is 4.82. The van der Waals surface area contributed by atoms with Gasteiger partial charge in [0.25, 0.3) is 0 Å². The molecular formula is C11H23N. The number of unbranched alkanes of at least 4 members (excludes halogenated alkanes) is 2. The normalized spacial score (nSPS) is 13.9. The summed E-state index contributed by atoms with van der Waals surface area (Å²) >= 11 is 0. The van der Waals surface area contributed by atoms with E-state index in [4.69, 9.17) is 0 Å². The van der Waals surface area contributed by atoms with E-state index in [1.165, 1.54) is 32.1 Å². The van der Waals surface area contributed by atoms with E-state index < -0.39 is 0 Å². The summed E-state index contributed by atoms with van der Waals surface area (Å²) in [6, 6.07) is 0.688. The van der Waals surface area contributed by atoms with Gasteiger partial charge in [-0.1, -0.05) is 38.3 Å². The number of allylic oxidation sites excluding steroid dienone is 1. The summed E-state index contributed by atoms with van der Waals surface area (Å²) in [6.07, 6.45) is 10.9. The first kappa shape index (κ1) is 11.7. The molecule has 0 aliphatic rings. The van der Waals surface area contributed by atoms with Crippen molar-refractivity contribution < 1.29 is 0 Å². The molecule has 0 aliphatic heterocycles. The SMILES string of the molecule is CC=CCC(CCCCC)NC. The first-order valence-electron chi connectivity index (χ1n) is 5.13. The Labute approximate surface area is 77.2 Å². The second-order valence-electron chi connectivity index (χ2n) is 3.29. The average molecular weight is 169 g/mol. The number of rotatable bonds is 7. The van der Waals surface area contributed by atoms with Crippen LogP contribution in [0.1, 0.15) is 46.0 Å². The molecular weight excluding hydrogens is 146 g/mol. The van der Waals surface area contributed by atoms with Gasteiger partial charge >= 0.3 is 0 Å². The Bertz CT molecular complexity index is 108. The Hall–Kier alpha value is -0.300. The highest BCUT2D eigenvalue weighted by atomic mass is 14.9. The topological polar surface area (TPSA) is 12.0 Å². The smallest absolute Gasteiger partial charge is 0.00985 e. The maximum absolute atomic E-state index is 3.34. The third-order valence-corrected chi connectivity index (χ3v) is 2.22. The van der Waals surface area contributed by atoms with Crippen molar-refractivity contribution in [3.05, 3.63) is 12.2 Å². The van der Waals surface area contributed by atoms with Crippen LogP contribution in [0, 0.1) is 0 Å². The average Bonchev–Trinajstić information content (AvgIpc) is 2.11. The molecule has 0 heterocycles. The fourth-order valence-electron chi connectivity index (χ4n) is 1.32. The first-order chi connectivity index (χ1) is 5.85. The standard InChI is InChI=1S/C11H23N/c1-4-6-8-10-11(12-3)9-7-5-2/h5,7,11-12H,4,6,8-10H2,1-3H3. The Morgan fingerprint density at radius 2 is 2.08 bits per heavy atom. The van der Waals surface area contributed by atoms with Crippen LogP contribution >= 0.6 is 0 Å². The fourth-order valence-corrected chi connectivity index (χ4v) is 1.32. The van der Waals surface area contributed by atoms with Gasteiger partial charge in [0.1, 0.15) is 0 Å². The predicted molar refractivity (Wildman–Crippen MR) is 56.4 cm³/mol. The van der Waals surface area contributed by atoms with E-state index in [2.05, 4.69) is 38.4 Å². The third-order valence-electron chi connectivity index (χ3n) is 2.22. The second kappa shape index (κ2) is 8.79. The lowest BCUT2D eigenvalue weighted by Crippen LogP contribution is -2.24. The Kier molecular flexibility index (Phi) is 8.57. The monoisotopic (exact) mass is 169 g/mol. The van der Waals surface area contributed by atoms with Crippen LogP contribution in [-0.2, 0) is 0 Å². The zero-order valence-corrected chi connectivity index (χ0v) is 8.77. The van der Waals surface area contributed by atoms with E-state index >= 15 is 0 Å². The van der Waals surface area contributed by atoms with Gasteiger partial charge < -0.3 is 5.32 Å². The largest absolute Gasteiger partial charge is 0.317 e. The number of hydrogen-bond acceptors (Lipinski definition) is 1. The number of hydrogen-bond donors (Lipinski definition) is 1. The summed E-state index contributed by atoms with van der Waals surface area (Å²) in [6.45, 7) is 4.33. The fraction of sp³-hybridized carbons (Fsp3) is 0.818. The third kappa shape index (κ3) is 6.41. The van der Waals surface area contributed by atoms with Gasteiger partial charge in [0, 0.05) is 6.04 Å². The van der Waals surface area contributed by atoms with E-state index in [9.17, 15) is 0 Å². The van der Waals surface area contributed by atoms with Crippen LogP contribution in [0.25, 0.3) is 0 Å². The molecule has 0 saturated carbocycles. The van der Waals surface area contributed by atoms with Gasteiger partial charge in [0.2, 0.25) is 0 Å². The van der Waals surface area contributed by atoms with E-state index in [1.807, 2.05) is 0 Å². The minimum Gasteiger partial charge on any atom is -0.317 e. The van der Waals surface area contributed by atoms with Crippen LogP contribution in [0.3, 0.4) is 0 Å². The van der Waals surface area contributed by atoms with Crippen molar-refractivity contribution in [2.75, 3.05) is 7.05 Å². The summed E-state index contributed by atoms with van der Waals surface area (Å²) in [5.74, 6) is 0. The van der Waals surface area contributed by atoms with Crippen LogP contribution in [0.15, 0.2) is 12.2 Å². The van der Waals surface area contributed by atoms with Crippen LogP contribution in [0.4, 0.5) is 0 Å². The predicted octanol–water partition coefficient (Wildman–Crippen LogP) is 3.12. The van der Waals surface area contributed by atoms with Crippen molar-refractivity contribution in [3.8, 4) is 0 Å². The van der Waals surface area contributed by atoms with Crippen molar-refractivity contribution in [2.24, 2.45) is 0 Å². The molecule has 0 saturated heterocycles. The van der Waals surface area contributed by atoms with Crippen LogP contribution in [-0.4, -0.2) is 13.1 Å². The van der Waals surface area contributed by atoms with Gasteiger partial charge in [0.05, 0.1) is 0 Å². The lowest BCUT2D eigenvalue weighted by molar-refractivity contribution is 0.496. The number of nitrogens with one attached hydrogen (secondary N) is 1. The quantitative estimate of drug-likeness (QED) is 0.456. The molecule has 0 fully saturated rings. The molecule has 0 radical (unpaired) electrons. The Morgan fingerprint density at radius 1 is 1.33 bits per heavy atom. The molecule has 0 rings (SSSR count). The molecule has 0 aromatic heterocycles. The van der Waals surface area contributed by atoms with Gasteiger partial charge in [-0.05, 0) is 26.8 Å². The Balaban J connectivity index is 3.39. The van der Waals surface area contributed by atoms with Crippen LogP contribution < -0.4 is 5.32 Å². The molecule has 1 atom stereocenters. The molecule has 0 bridgehead atoms. The molecule has 1 N–H and O–H groups in total.